The Morgan fingerprint density at radius 2 is 1.18 bits per heavy atom. The number of aliphatic hydroxyl groups is 1. The van der Waals surface area contributed by atoms with Gasteiger partial charge in [0, 0.05) is 51.9 Å². The lowest BCUT2D eigenvalue weighted by molar-refractivity contribution is 0.118. The second-order valence-corrected chi connectivity index (χ2v) is 12.6. The molecule has 5 aromatic carbocycles. The van der Waals surface area contributed by atoms with E-state index in [2.05, 4.69) is 0 Å². The molecule has 2 N–H and O–H groups in total. The molecule has 0 saturated carbocycles. The first kappa shape index (κ1) is 40.4. The van der Waals surface area contributed by atoms with E-state index in [9.17, 15) is 23.8 Å². The summed E-state index contributed by atoms with van der Waals surface area (Å²) in [5.74, 6) is 1.76. The smallest absolute Gasteiger partial charge is 0.182 e. The number of aromatic hydroxyl groups is 1. The van der Waals surface area contributed by atoms with Gasteiger partial charge in [0.25, 0.3) is 0 Å². The molecule has 0 amide bonds. The Morgan fingerprint density at radius 1 is 0.655 bits per heavy atom. The van der Waals surface area contributed by atoms with E-state index in [1.54, 1.807) is 80.9 Å². The van der Waals surface area contributed by atoms with Crippen molar-refractivity contribution in [1.82, 2.24) is 0 Å². The zero-order valence-corrected chi connectivity index (χ0v) is 31.6. The minimum atomic E-state index is -1.69. The fourth-order valence-corrected chi connectivity index (χ4v) is 6.13. The van der Waals surface area contributed by atoms with Crippen molar-refractivity contribution in [3.05, 3.63) is 160 Å². The molecular formula is C43H36Cl2F2O8. The van der Waals surface area contributed by atoms with Crippen molar-refractivity contribution in [1.29, 1.82) is 0 Å². The Morgan fingerprint density at radius 3 is 1.69 bits per heavy atom. The Balaban J connectivity index is 0.000000201. The van der Waals surface area contributed by atoms with Gasteiger partial charge in [-0.2, -0.15) is 0 Å². The average molecular weight is 790 g/mol. The highest BCUT2D eigenvalue weighted by molar-refractivity contribution is 6.40. The van der Waals surface area contributed by atoms with Crippen LogP contribution in [0.4, 0.5) is 8.78 Å². The molecule has 55 heavy (non-hydrogen) atoms. The summed E-state index contributed by atoms with van der Waals surface area (Å²) in [5.41, 5.74) is 2.37. The van der Waals surface area contributed by atoms with Gasteiger partial charge in [-0.05, 0) is 83.9 Å². The molecule has 0 radical (unpaired) electrons. The Bertz CT molecular complexity index is 2340. The van der Waals surface area contributed by atoms with Crippen LogP contribution in [-0.2, 0) is 5.60 Å². The summed E-state index contributed by atoms with van der Waals surface area (Å²) in [6.45, 7) is 0. The Labute approximate surface area is 326 Å². The standard InChI is InChI=1S/C23H23FO5.C19H11FO3.CH2Cl2/c1-26-17-9-11-19(21(13-17)28-3)23(25,15-5-7-16(24)8-6-15)20-12-10-18(27-2)14-22(20)29-4;20-12-3-1-11(2-4-12)19-15-7-5-13(21)9-17(15)23-18-10-14(22)6-8-16(18)19;2-1-3/h5-14,25H,1-4H3;1-10,21H;1H2. The monoisotopic (exact) mass is 788 g/mol. The summed E-state index contributed by atoms with van der Waals surface area (Å²) in [6.07, 6.45) is 0. The number of ether oxygens (including phenoxy) is 4. The van der Waals surface area contributed by atoms with Crippen molar-refractivity contribution >= 4 is 34.2 Å². The largest absolute Gasteiger partial charge is 0.508 e. The summed E-state index contributed by atoms with van der Waals surface area (Å²) in [4.78, 5) is 11.6. The molecule has 7 rings (SSSR count). The van der Waals surface area contributed by atoms with Crippen molar-refractivity contribution in [2.45, 2.75) is 5.60 Å². The van der Waals surface area contributed by atoms with E-state index >= 15 is 0 Å². The van der Waals surface area contributed by atoms with Gasteiger partial charge in [0.2, 0.25) is 0 Å². The predicted octanol–water partition coefficient (Wildman–Crippen LogP) is 9.98. The second kappa shape index (κ2) is 18.0. The summed E-state index contributed by atoms with van der Waals surface area (Å²) in [6, 6.07) is 31.4. The van der Waals surface area contributed by atoms with Crippen molar-refractivity contribution in [2.24, 2.45) is 0 Å². The molecule has 0 unspecified atom stereocenters. The summed E-state index contributed by atoms with van der Waals surface area (Å²) >= 11 is 9.53. The van der Waals surface area contributed by atoms with Crippen LogP contribution in [0.2, 0.25) is 0 Å². The maximum absolute atomic E-state index is 13.6. The predicted molar refractivity (Wildman–Crippen MR) is 210 cm³/mol. The number of benzene rings is 6. The number of phenolic OH excluding ortho intramolecular Hbond substituents is 1. The molecule has 0 atom stereocenters. The zero-order valence-electron chi connectivity index (χ0n) is 30.1. The SMILES string of the molecule is COc1ccc(C(O)(c2ccc(F)cc2)c2ccc(OC)cc2OC)c(OC)c1.ClCCl.O=c1ccc2c(-c3ccc(F)cc3)c3ccc(O)cc3oc-2c1. The number of halogens is 4. The van der Waals surface area contributed by atoms with Gasteiger partial charge >= 0.3 is 0 Å². The fourth-order valence-electron chi connectivity index (χ4n) is 6.13. The van der Waals surface area contributed by atoms with E-state index in [0.717, 1.165) is 22.1 Å². The molecule has 0 spiro atoms. The van der Waals surface area contributed by atoms with Gasteiger partial charge in [-0.25, -0.2) is 8.78 Å². The lowest BCUT2D eigenvalue weighted by Crippen LogP contribution is -2.30. The normalized spacial score (nSPS) is 10.9. The van der Waals surface area contributed by atoms with Crippen LogP contribution in [0.15, 0.2) is 131 Å². The highest BCUT2D eigenvalue weighted by Gasteiger charge is 2.39. The van der Waals surface area contributed by atoms with Crippen molar-refractivity contribution in [3.63, 3.8) is 0 Å². The summed E-state index contributed by atoms with van der Waals surface area (Å²) < 4.78 is 54.2. The number of phenols is 1. The van der Waals surface area contributed by atoms with Crippen LogP contribution in [0, 0.1) is 11.6 Å². The number of rotatable bonds is 8. The molecular weight excluding hydrogens is 753 g/mol. The van der Waals surface area contributed by atoms with Crippen LogP contribution in [0.5, 0.6) is 28.7 Å². The molecule has 2 aliphatic rings. The van der Waals surface area contributed by atoms with Gasteiger partial charge < -0.3 is 33.6 Å². The average Bonchev–Trinajstić information content (AvgIpc) is 3.20. The van der Waals surface area contributed by atoms with Crippen LogP contribution in [0.25, 0.3) is 33.4 Å². The van der Waals surface area contributed by atoms with E-state index in [1.807, 2.05) is 0 Å². The minimum absolute atomic E-state index is 0.0731. The minimum Gasteiger partial charge on any atom is -0.508 e. The van der Waals surface area contributed by atoms with E-state index in [0.29, 0.717) is 51.0 Å². The van der Waals surface area contributed by atoms with Crippen LogP contribution < -0.4 is 24.4 Å². The fraction of sp³-hybridized carbons (Fsp3) is 0.140. The van der Waals surface area contributed by atoms with Crippen LogP contribution in [-0.4, -0.2) is 44.0 Å². The van der Waals surface area contributed by atoms with Crippen molar-refractivity contribution in [3.8, 4) is 51.2 Å². The van der Waals surface area contributed by atoms with E-state index < -0.39 is 11.4 Å². The molecule has 284 valence electrons. The molecule has 0 bridgehead atoms. The van der Waals surface area contributed by atoms with E-state index in [-0.39, 0.29) is 22.3 Å². The number of hydrogen-bond acceptors (Lipinski definition) is 8. The van der Waals surface area contributed by atoms with E-state index in [4.69, 9.17) is 46.6 Å². The topological polar surface area (TPSA) is 108 Å². The first-order chi connectivity index (χ1) is 26.5. The van der Waals surface area contributed by atoms with Gasteiger partial charge in [-0.15, -0.1) is 23.2 Å². The van der Waals surface area contributed by atoms with Crippen molar-refractivity contribution < 1.29 is 42.4 Å². The number of methoxy groups -OCH3 is 4. The molecule has 1 aliphatic heterocycles. The molecule has 8 nitrogen and oxygen atoms in total. The van der Waals surface area contributed by atoms with Gasteiger partial charge in [0.15, 0.2) is 5.43 Å². The molecule has 0 fully saturated rings. The third-order valence-corrected chi connectivity index (χ3v) is 8.67. The first-order valence-corrected chi connectivity index (χ1v) is 17.6. The third-order valence-electron chi connectivity index (χ3n) is 8.67. The number of alkyl halides is 2. The molecule has 0 aromatic heterocycles. The quantitative estimate of drug-likeness (QED) is 0.0891. The Kier molecular flexibility index (Phi) is 13.2. The van der Waals surface area contributed by atoms with Gasteiger partial charge in [-0.1, -0.05) is 24.3 Å². The lowest BCUT2D eigenvalue weighted by Gasteiger charge is -2.32. The molecule has 1 heterocycles. The molecule has 1 aliphatic carbocycles. The number of hydrogen-bond donors (Lipinski definition) is 2. The van der Waals surface area contributed by atoms with Gasteiger partial charge in [-0.3, -0.25) is 4.79 Å². The maximum Gasteiger partial charge on any atom is 0.182 e. The van der Waals surface area contributed by atoms with E-state index in [1.165, 1.54) is 68.8 Å². The van der Waals surface area contributed by atoms with Crippen LogP contribution in [0.3, 0.4) is 0 Å². The first-order valence-electron chi connectivity index (χ1n) is 16.5. The maximum atomic E-state index is 13.6. The van der Waals surface area contributed by atoms with Crippen LogP contribution in [0.1, 0.15) is 16.7 Å². The van der Waals surface area contributed by atoms with Gasteiger partial charge in [0.1, 0.15) is 57.3 Å². The van der Waals surface area contributed by atoms with Crippen molar-refractivity contribution in [2.75, 3.05) is 33.8 Å². The zero-order chi connectivity index (χ0) is 39.7. The molecule has 5 aromatic rings. The second-order valence-electron chi connectivity index (χ2n) is 11.8. The van der Waals surface area contributed by atoms with Crippen LogP contribution >= 0.6 is 23.2 Å². The molecule has 12 heteroatoms. The highest BCUT2D eigenvalue weighted by atomic mass is 35.5. The Hall–Kier alpha value is -5.81. The molecule has 0 saturated heterocycles. The highest BCUT2D eigenvalue weighted by Crippen LogP contribution is 2.46. The summed E-state index contributed by atoms with van der Waals surface area (Å²) in [7, 11) is 6.11. The van der Waals surface area contributed by atoms with Gasteiger partial charge in [0.05, 0.1) is 33.8 Å². The number of fused-ring (bicyclic) bond motifs is 2. The lowest BCUT2D eigenvalue weighted by atomic mass is 9.79. The summed E-state index contributed by atoms with van der Waals surface area (Å²) in [5, 5.41) is 22.8. The third kappa shape index (κ3) is 8.78.